The van der Waals surface area contributed by atoms with Crippen molar-refractivity contribution in [3.63, 3.8) is 0 Å². The maximum absolute atomic E-state index is 13.7. The fraction of sp³-hybridized carbons (Fsp3) is 0.600. The molecule has 0 N–H and O–H groups in total. The zero-order chi connectivity index (χ0) is 8.74. The van der Waals surface area contributed by atoms with E-state index in [2.05, 4.69) is 13.2 Å². The predicted octanol–water partition coefficient (Wildman–Crippen LogP) is 3.65. The third-order valence-corrected chi connectivity index (χ3v) is 1.72. The molecule has 0 amide bonds. The van der Waals surface area contributed by atoms with Gasteiger partial charge in [-0.05, 0) is 19.3 Å². The standard InChI is InChI=1S/C10H17F/c1-4-7-10(11,8-5-2)9-6-3/h4-5H,1-2,6-9H2,3H3. The number of hydrogen-bond acceptors (Lipinski definition) is 0. The number of allylic oxidation sites excluding steroid dienone is 2. The van der Waals surface area contributed by atoms with Gasteiger partial charge in [0.15, 0.2) is 0 Å². The third-order valence-electron chi connectivity index (χ3n) is 1.72. The van der Waals surface area contributed by atoms with E-state index < -0.39 is 5.67 Å². The Labute approximate surface area is 68.8 Å². The molecule has 0 heterocycles. The quantitative estimate of drug-likeness (QED) is 0.515. The summed E-state index contributed by atoms with van der Waals surface area (Å²) in [6.45, 7) is 9.06. The molecule has 0 aromatic carbocycles. The minimum atomic E-state index is -1.09. The molecule has 0 radical (unpaired) electrons. The summed E-state index contributed by atoms with van der Waals surface area (Å²) in [5, 5.41) is 0. The van der Waals surface area contributed by atoms with Crippen LogP contribution in [-0.4, -0.2) is 5.67 Å². The lowest BCUT2D eigenvalue weighted by atomic mass is 9.93. The Morgan fingerprint density at radius 1 is 1.27 bits per heavy atom. The summed E-state index contributed by atoms with van der Waals surface area (Å²) in [6.07, 6.45) is 5.63. The van der Waals surface area contributed by atoms with Crippen LogP contribution in [0, 0.1) is 0 Å². The normalized spacial score (nSPS) is 11.1. The van der Waals surface area contributed by atoms with Crippen LogP contribution in [0.4, 0.5) is 4.39 Å². The number of rotatable bonds is 6. The van der Waals surface area contributed by atoms with Crippen molar-refractivity contribution in [1.29, 1.82) is 0 Å². The summed E-state index contributed by atoms with van der Waals surface area (Å²) < 4.78 is 13.7. The summed E-state index contributed by atoms with van der Waals surface area (Å²) in [7, 11) is 0. The minimum Gasteiger partial charge on any atom is -0.243 e. The van der Waals surface area contributed by atoms with Crippen LogP contribution in [0.1, 0.15) is 32.6 Å². The van der Waals surface area contributed by atoms with Gasteiger partial charge >= 0.3 is 0 Å². The molecule has 0 saturated heterocycles. The van der Waals surface area contributed by atoms with Gasteiger partial charge in [-0.15, -0.1) is 13.2 Å². The highest BCUT2D eigenvalue weighted by Gasteiger charge is 2.24. The van der Waals surface area contributed by atoms with E-state index in [0.29, 0.717) is 19.3 Å². The fourth-order valence-electron chi connectivity index (χ4n) is 1.25. The number of hydrogen-bond donors (Lipinski definition) is 0. The average Bonchev–Trinajstić information content (AvgIpc) is 1.88. The maximum Gasteiger partial charge on any atom is 0.117 e. The third kappa shape index (κ3) is 3.97. The van der Waals surface area contributed by atoms with Crippen molar-refractivity contribution >= 4 is 0 Å². The zero-order valence-corrected chi connectivity index (χ0v) is 7.28. The molecular formula is C10H17F. The lowest BCUT2D eigenvalue weighted by Gasteiger charge is -2.21. The molecule has 0 fully saturated rings. The number of alkyl halides is 1. The first kappa shape index (κ1) is 10.4. The van der Waals surface area contributed by atoms with Crippen LogP contribution in [0.25, 0.3) is 0 Å². The van der Waals surface area contributed by atoms with Crippen molar-refractivity contribution in [2.45, 2.75) is 38.3 Å². The van der Waals surface area contributed by atoms with E-state index in [4.69, 9.17) is 0 Å². The summed E-state index contributed by atoms with van der Waals surface area (Å²) >= 11 is 0. The van der Waals surface area contributed by atoms with Gasteiger partial charge in [-0.2, -0.15) is 0 Å². The molecular weight excluding hydrogens is 139 g/mol. The lowest BCUT2D eigenvalue weighted by molar-refractivity contribution is 0.156. The van der Waals surface area contributed by atoms with E-state index in [0.717, 1.165) is 6.42 Å². The summed E-state index contributed by atoms with van der Waals surface area (Å²) in [5.41, 5.74) is -1.09. The second-order valence-corrected chi connectivity index (χ2v) is 2.89. The molecule has 0 atom stereocenters. The molecule has 0 aliphatic carbocycles. The van der Waals surface area contributed by atoms with Crippen LogP contribution in [0.5, 0.6) is 0 Å². The molecule has 64 valence electrons. The smallest absolute Gasteiger partial charge is 0.117 e. The highest BCUT2D eigenvalue weighted by Crippen LogP contribution is 2.27. The first-order valence-electron chi connectivity index (χ1n) is 4.09. The molecule has 0 rings (SSSR count). The molecule has 1 heteroatoms. The van der Waals surface area contributed by atoms with Crippen molar-refractivity contribution in [2.24, 2.45) is 0 Å². The topological polar surface area (TPSA) is 0 Å². The van der Waals surface area contributed by atoms with Gasteiger partial charge in [0.25, 0.3) is 0 Å². The molecule has 0 nitrogen and oxygen atoms in total. The van der Waals surface area contributed by atoms with E-state index in [1.165, 1.54) is 0 Å². The van der Waals surface area contributed by atoms with E-state index in [9.17, 15) is 4.39 Å². The second-order valence-electron chi connectivity index (χ2n) is 2.89. The Hall–Kier alpha value is -0.590. The molecule has 0 bridgehead atoms. The Kier molecular flexibility index (Phi) is 4.84. The molecule has 0 saturated carbocycles. The maximum atomic E-state index is 13.7. The SMILES string of the molecule is C=CCC(F)(CC=C)CCC. The van der Waals surface area contributed by atoms with Crippen LogP contribution in [0.3, 0.4) is 0 Å². The van der Waals surface area contributed by atoms with E-state index in [-0.39, 0.29) is 0 Å². The lowest BCUT2D eigenvalue weighted by Crippen LogP contribution is -2.20. The van der Waals surface area contributed by atoms with Crippen molar-refractivity contribution in [2.75, 3.05) is 0 Å². The van der Waals surface area contributed by atoms with Crippen molar-refractivity contribution < 1.29 is 4.39 Å². The van der Waals surface area contributed by atoms with Gasteiger partial charge in [-0.3, -0.25) is 0 Å². The van der Waals surface area contributed by atoms with E-state index in [1.807, 2.05) is 6.92 Å². The summed E-state index contributed by atoms with van der Waals surface area (Å²) in [5.74, 6) is 0. The van der Waals surface area contributed by atoms with Crippen LogP contribution in [0.15, 0.2) is 25.3 Å². The molecule has 0 aliphatic rings. The van der Waals surface area contributed by atoms with E-state index in [1.54, 1.807) is 12.2 Å². The van der Waals surface area contributed by atoms with E-state index >= 15 is 0 Å². The average molecular weight is 156 g/mol. The highest BCUT2D eigenvalue weighted by atomic mass is 19.1. The van der Waals surface area contributed by atoms with Gasteiger partial charge in [-0.25, -0.2) is 4.39 Å². The van der Waals surface area contributed by atoms with Crippen LogP contribution in [-0.2, 0) is 0 Å². The largest absolute Gasteiger partial charge is 0.243 e. The first-order chi connectivity index (χ1) is 5.18. The highest BCUT2D eigenvalue weighted by molar-refractivity contribution is 4.91. The molecule has 0 aromatic rings. The van der Waals surface area contributed by atoms with Crippen LogP contribution < -0.4 is 0 Å². The van der Waals surface area contributed by atoms with Crippen LogP contribution >= 0.6 is 0 Å². The molecule has 0 aromatic heterocycles. The molecule has 11 heavy (non-hydrogen) atoms. The Morgan fingerprint density at radius 3 is 2.00 bits per heavy atom. The van der Waals surface area contributed by atoms with Gasteiger partial charge in [0.05, 0.1) is 0 Å². The van der Waals surface area contributed by atoms with Gasteiger partial charge in [0.2, 0.25) is 0 Å². The van der Waals surface area contributed by atoms with Gasteiger partial charge in [0, 0.05) is 0 Å². The fourth-order valence-corrected chi connectivity index (χ4v) is 1.25. The van der Waals surface area contributed by atoms with Crippen LogP contribution in [0.2, 0.25) is 0 Å². The van der Waals surface area contributed by atoms with Crippen molar-refractivity contribution in [3.8, 4) is 0 Å². The minimum absolute atomic E-state index is 0.437. The first-order valence-corrected chi connectivity index (χ1v) is 4.09. The van der Waals surface area contributed by atoms with Gasteiger partial charge in [-0.1, -0.05) is 25.5 Å². The molecule has 0 spiro atoms. The summed E-state index contributed by atoms with van der Waals surface area (Å²) in [6, 6.07) is 0. The zero-order valence-electron chi connectivity index (χ0n) is 7.28. The Balaban J connectivity index is 3.98. The number of halogens is 1. The molecule has 0 aliphatic heterocycles. The van der Waals surface area contributed by atoms with Gasteiger partial charge in [0.1, 0.15) is 5.67 Å². The van der Waals surface area contributed by atoms with Crippen molar-refractivity contribution in [3.05, 3.63) is 25.3 Å². The second kappa shape index (κ2) is 5.11. The van der Waals surface area contributed by atoms with Crippen molar-refractivity contribution in [1.82, 2.24) is 0 Å². The Morgan fingerprint density at radius 2 is 1.73 bits per heavy atom. The summed E-state index contributed by atoms with van der Waals surface area (Å²) in [4.78, 5) is 0. The predicted molar refractivity (Wildman–Crippen MR) is 48.4 cm³/mol. The molecule has 0 unspecified atom stereocenters. The Bertz CT molecular complexity index is 117. The monoisotopic (exact) mass is 156 g/mol. The van der Waals surface area contributed by atoms with Gasteiger partial charge < -0.3 is 0 Å².